The van der Waals surface area contributed by atoms with Crippen molar-refractivity contribution in [3.05, 3.63) is 24.3 Å². The molecule has 1 rings (SSSR count). The molecule has 10 heavy (non-hydrogen) atoms. The molecular weight excluding hydrogens is 144 g/mol. The molecule has 0 fully saturated rings. The fraction of sp³-hybridized carbons (Fsp3) is 0.250. The van der Waals surface area contributed by atoms with Gasteiger partial charge in [0.2, 0.25) is 0 Å². The fourth-order valence-corrected chi connectivity index (χ4v) is 1.39. The Morgan fingerprint density at radius 1 is 1.10 bits per heavy atom. The first kappa shape index (κ1) is 7.48. The molecule has 1 nitrogen and oxygen atoms in total. The minimum absolute atomic E-state index is 0.0919. The van der Waals surface area contributed by atoms with Crippen LogP contribution in [0.5, 0.6) is 5.75 Å². The van der Waals surface area contributed by atoms with E-state index in [1.54, 1.807) is 12.1 Å². The summed E-state index contributed by atoms with van der Waals surface area (Å²) in [5.41, 5.74) is 0. The molecule has 2 heteroatoms. The van der Waals surface area contributed by atoms with Crippen molar-refractivity contribution in [2.24, 2.45) is 0 Å². The van der Waals surface area contributed by atoms with Crippen LogP contribution in [0.25, 0.3) is 0 Å². The molecule has 0 aliphatic heterocycles. The summed E-state index contributed by atoms with van der Waals surface area (Å²) in [4.78, 5) is 1.25. The molecule has 0 saturated heterocycles. The van der Waals surface area contributed by atoms with Gasteiger partial charge in [-0.3, -0.25) is 0 Å². The van der Waals surface area contributed by atoms with Crippen LogP contribution < -0.4 is 5.11 Å². The van der Waals surface area contributed by atoms with Gasteiger partial charge in [0.25, 0.3) is 0 Å². The lowest BCUT2D eigenvalue weighted by atomic mass is 10.3. The van der Waals surface area contributed by atoms with Crippen LogP contribution in [0.2, 0.25) is 0 Å². The third kappa shape index (κ3) is 1.67. The van der Waals surface area contributed by atoms with Crippen LogP contribution >= 0.6 is 0 Å². The van der Waals surface area contributed by atoms with E-state index < -0.39 is 0 Å². The second kappa shape index (κ2) is 2.97. The lowest BCUT2D eigenvalue weighted by Gasteiger charge is -2.02. The van der Waals surface area contributed by atoms with Gasteiger partial charge in [-0.15, -0.1) is 5.75 Å². The third-order valence-corrected chi connectivity index (χ3v) is 2.51. The molecule has 0 atom stereocenters. The Balaban J connectivity index is 2.89. The molecule has 0 aromatic heterocycles. The molecule has 0 heterocycles. The van der Waals surface area contributed by atoms with Gasteiger partial charge in [-0.1, -0.05) is 12.1 Å². The zero-order valence-corrected chi connectivity index (χ0v) is 6.94. The molecule has 0 spiro atoms. The van der Waals surface area contributed by atoms with E-state index in [1.807, 2.05) is 12.1 Å². The number of benzene rings is 1. The number of rotatable bonds is 1. The van der Waals surface area contributed by atoms with Gasteiger partial charge < -0.3 is 5.11 Å². The Hall–Kier alpha value is -0.630. The summed E-state index contributed by atoms with van der Waals surface area (Å²) in [6.45, 7) is 0. The Labute approximate surface area is 64.0 Å². The van der Waals surface area contributed by atoms with Crippen LogP contribution in [-0.4, -0.2) is 12.5 Å². The highest BCUT2D eigenvalue weighted by Gasteiger charge is 2.04. The van der Waals surface area contributed by atoms with Crippen molar-refractivity contribution in [1.29, 1.82) is 0 Å². The van der Waals surface area contributed by atoms with E-state index in [2.05, 4.69) is 12.5 Å². The molecule has 1 aromatic carbocycles. The Kier molecular flexibility index (Phi) is 2.22. The van der Waals surface area contributed by atoms with Crippen molar-refractivity contribution >= 4 is 10.9 Å². The van der Waals surface area contributed by atoms with Crippen LogP contribution in [0.1, 0.15) is 0 Å². The molecule has 0 N–H and O–H groups in total. The minimum Gasteiger partial charge on any atom is -0.872 e. The Morgan fingerprint density at radius 3 is 2.00 bits per heavy atom. The zero-order valence-electron chi connectivity index (χ0n) is 6.13. The van der Waals surface area contributed by atoms with Crippen molar-refractivity contribution in [3.8, 4) is 5.75 Å². The van der Waals surface area contributed by atoms with Gasteiger partial charge in [-0.05, 0) is 12.1 Å². The maximum Gasteiger partial charge on any atom is 0.154 e. The predicted molar refractivity (Wildman–Crippen MR) is 43.4 cm³/mol. The van der Waals surface area contributed by atoms with Gasteiger partial charge in [0.05, 0.1) is 0 Å². The van der Waals surface area contributed by atoms with E-state index in [0.29, 0.717) is 0 Å². The van der Waals surface area contributed by atoms with Gasteiger partial charge in [0.1, 0.15) is 12.5 Å². The van der Waals surface area contributed by atoms with Crippen LogP contribution in [0, 0.1) is 0 Å². The first-order valence-electron chi connectivity index (χ1n) is 3.05. The van der Waals surface area contributed by atoms with E-state index >= 15 is 0 Å². The van der Waals surface area contributed by atoms with E-state index in [1.165, 1.54) is 4.90 Å². The van der Waals surface area contributed by atoms with Gasteiger partial charge in [0.15, 0.2) is 4.90 Å². The first-order chi connectivity index (χ1) is 4.70. The average Bonchev–Trinajstić information content (AvgIpc) is 1.88. The van der Waals surface area contributed by atoms with Crippen molar-refractivity contribution in [2.75, 3.05) is 12.5 Å². The SMILES string of the molecule is C[S+](C)c1ccc([O-])cc1. The third-order valence-electron chi connectivity index (χ3n) is 1.30. The molecule has 0 bridgehead atoms. The highest BCUT2D eigenvalue weighted by Crippen LogP contribution is 2.11. The highest BCUT2D eigenvalue weighted by molar-refractivity contribution is 7.95. The second-order valence-electron chi connectivity index (χ2n) is 2.29. The van der Waals surface area contributed by atoms with Crippen molar-refractivity contribution in [3.63, 3.8) is 0 Å². The van der Waals surface area contributed by atoms with Crippen molar-refractivity contribution in [2.45, 2.75) is 4.90 Å². The zero-order chi connectivity index (χ0) is 7.56. The highest BCUT2D eigenvalue weighted by atomic mass is 32.2. The fourth-order valence-electron chi connectivity index (χ4n) is 0.712. The van der Waals surface area contributed by atoms with Crippen molar-refractivity contribution in [1.82, 2.24) is 0 Å². The quantitative estimate of drug-likeness (QED) is 0.553. The molecule has 0 radical (unpaired) electrons. The summed E-state index contributed by atoms with van der Waals surface area (Å²) in [7, 11) is 0.274. The van der Waals surface area contributed by atoms with Gasteiger partial charge >= 0.3 is 0 Å². The summed E-state index contributed by atoms with van der Waals surface area (Å²) in [6.07, 6.45) is 4.28. The summed E-state index contributed by atoms with van der Waals surface area (Å²) in [6, 6.07) is 7.02. The number of hydrogen-bond donors (Lipinski definition) is 0. The molecule has 0 aliphatic carbocycles. The van der Waals surface area contributed by atoms with Crippen LogP contribution in [0.3, 0.4) is 0 Å². The molecule has 0 unspecified atom stereocenters. The largest absolute Gasteiger partial charge is 0.872 e. The van der Waals surface area contributed by atoms with Crippen LogP contribution in [0.4, 0.5) is 0 Å². The molecular formula is C8H10OS. The number of hydrogen-bond acceptors (Lipinski definition) is 1. The van der Waals surface area contributed by atoms with Gasteiger partial charge in [-0.25, -0.2) is 0 Å². The molecule has 54 valence electrons. The molecule has 0 amide bonds. The maximum atomic E-state index is 10.6. The van der Waals surface area contributed by atoms with Gasteiger partial charge in [-0.2, -0.15) is 0 Å². The Bertz CT molecular complexity index is 203. The normalized spacial score (nSPS) is 10.3. The average molecular weight is 154 g/mol. The van der Waals surface area contributed by atoms with Crippen LogP contribution in [-0.2, 0) is 10.9 Å². The maximum absolute atomic E-state index is 10.6. The summed E-state index contributed by atoms with van der Waals surface area (Å²) < 4.78 is 0. The van der Waals surface area contributed by atoms with Crippen LogP contribution in [0.15, 0.2) is 29.2 Å². The molecule has 0 aliphatic rings. The lowest BCUT2D eigenvalue weighted by Crippen LogP contribution is -1.96. The second-order valence-corrected chi connectivity index (χ2v) is 4.39. The lowest BCUT2D eigenvalue weighted by molar-refractivity contribution is -0.268. The monoisotopic (exact) mass is 154 g/mol. The van der Waals surface area contributed by atoms with E-state index in [9.17, 15) is 5.11 Å². The molecule has 1 aromatic rings. The summed E-state index contributed by atoms with van der Waals surface area (Å²) in [5.74, 6) is 0.0919. The Morgan fingerprint density at radius 2 is 1.60 bits per heavy atom. The van der Waals surface area contributed by atoms with E-state index in [0.717, 1.165) is 0 Å². The predicted octanol–water partition coefficient (Wildman–Crippen LogP) is 0.997. The smallest absolute Gasteiger partial charge is 0.154 e. The standard InChI is InChI=1S/C8H10OS/c1-10(2)8-5-3-7(9)4-6-8/h3-6H,1-2H3. The minimum atomic E-state index is 0.0919. The first-order valence-corrected chi connectivity index (χ1v) is 5.09. The summed E-state index contributed by atoms with van der Waals surface area (Å²) in [5, 5.41) is 10.6. The van der Waals surface area contributed by atoms with E-state index in [-0.39, 0.29) is 16.6 Å². The molecule has 0 saturated carbocycles. The summed E-state index contributed by atoms with van der Waals surface area (Å²) >= 11 is 0. The van der Waals surface area contributed by atoms with E-state index in [4.69, 9.17) is 0 Å². The van der Waals surface area contributed by atoms with Crippen molar-refractivity contribution < 1.29 is 5.11 Å². The topological polar surface area (TPSA) is 23.1 Å². The van der Waals surface area contributed by atoms with Gasteiger partial charge in [0, 0.05) is 10.9 Å².